The lowest BCUT2D eigenvalue weighted by molar-refractivity contribution is -0.120. The van der Waals surface area contributed by atoms with Crippen LogP contribution in [-0.4, -0.2) is 24.4 Å². The molecule has 0 saturated carbocycles. The summed E-state index contributed by atoms with van der Waals surface area (Å²) in [6.07, 6.45) is 0. The number of carbonyl (C=O) groups is 2. The van der Waals surface area contributed by atoms with Crippen molar-refractivity contribution in [2.45, 2.75) is 26.8 Å². The molecule has 0 aliphatic heterocycles. The molecule has 0 bridgehead atoms. The average Bonchev–Trinajstić information content (AvgIpc) is 2.42. The highest BCUT2D eigenvalue weighted by molar-refractivity contribution is 5.97. The molecule has 1 aromatic rings. The minimum atomic E-state index is -0.686. The minimum absolute atomic E-state index is 0.0674. The Morgan fingerprint density at radius 3 is 2.48 bits per heavy atom. The van der Waals surface area contributed by atoms with Gasteiger partial charge in [0.2, 0.25) is 5.91 Å². The largest absolute Gasteiger partial charge is 0.368 e. The van der Waals surface area contributed by atoms with E-state index in [1.165, 1.54) is 0 Å². The van der Waals surface area contributed by atoms with E-state index >= 15 is 0 Å². The number of hydrogen-bond donors (Lipinski definition) is 3. The molecule has 0 aliphatic rings. The summed E-state index contributed by atoms with van der Waals surface area (Å²) in [7, 11) is 0. The van der Waals surface area contributed by atoms with Crippen LogP contribution >= 0.6 is 0 Å². The minimum Gasteiger partial charge on any atom is -0.368 e. The van der Waals surface area contributed by atoms with Crippen molar-refractivity contribution in [3.63, 3.8) is 0 Å². The molecule has 0 heterocycles. The molecule has 0 aromatic heterocycles. The number of nitrogens with two attached hydrogens (primary N) is 2. The Hall–Kier alpha value is -2.32. The third-order valence-corrected chi connectivity index (χ3v) is 3.07. The number of primary amides is 1. The molecule has 5 N–H and O–H groups in total. The second kappa shape index (κ2) is 7.46. The van der Waals surface area contributed by atoms with Gasteiger partial charge in [-0.15, -0.1) is 0 Å². The van der Waals surface area contributed by atoms with Crippen LogP contribution in [0.2, 0.25) is 0 Å². The molecule has 21 heavy (non-hydrogen) atoms. The summed E-state index contributed by atoms with van der Waals surface area (Å²) in [5.74, 6) is 4.77. The van der Waals surface area contributed by atoms with Gasteiger partial charge in [0.25, 0.3) is 5.91 Å². The molecular weight excluding hydrogens is 266 g/mol. The molecule has 0 radical (unpaired) electrons. The summed E-state index contributed by atoms with van der Waals surface area (Å²) in [6, 6.07) is 4.48. The number of benzene rings is 1. The number of nitrogens with one attached hydrogen (secondary N) is 1. The summed E-state index contributed by atoms with van der Waals surface area (Å²) < 4.78 is 0. The average molecular weight is 287 g/mol. The van der Waals surface area contributed by atoms with Crippen molar-refractivity contribution in [2.24, 2.45) is 17.4 Å². The van der Waals surface area contributed by atoms with Crippen LogP contribution in [0.25, 0.3) is 0 Å². The molecule has 0 saturated heterocycles. The van der Waals surface area contributed by atoms with E-state index in [4.69, 9.17) is 11.5 Å². The van der Waals surface area contributed by atoms with Gasteiger partial charge < -0.3 is 16.8 Å². The van der Waals surface area contributed by atoms with Gasteiger partial charge in [0.1, 0.15) is 6.04 Å². The fourth-order valence-electron chi connectivity index (χ4n) is 1.88. The van der Waals surface area contributed by atoms with Gasteiger partial charge in [-0.3, -0.25) is 9.59 Å². The van der Waals surface area contributed by atoms with Crippen LogP contribution in [-0.2, 0) is 4.79 Å². The second-order valence-corrected chi connectivity index (χ2v) is 5.13. The quantitative estimate of drug-likeness (QED) is 0.705. The van der Waals surface area contributed by atoms with Gasteiger partial charge in [0.15, 0.2) is 0 Å². The van der Waals surface area contributed by atoms with Gasteiger partial charge in [-0.25, -0.2) is 0 Å². The standard InChI is InChI=1S/C16H21N3O2/c1-10(2)14(15(18)20)19-16(21)13-7-6-12(5-4-8-17)11(3)9-13/h6-7,9-10,14H,8,17H2,1-3H3,(H2,18,20)(H,19,21). The SMILES string of the molecule is Cc1cc(C(=O)NC(C(N)=O)C(C)C)ccc1C#CCN. The summed E-state index contributed by atoms with van der Waals surface area (Å²) >= 11 is 0. The van der Waals surface area contributed by atoms with Crippen molar-refractivity contribution in [1.82, 2.24) is 5.32 Å². The molecule has 2 amide bonds. The zero-order valence-corrected chi connectivity index (χ0v) is 12.6. The van der Waals surface area contributed by atoms with Gasteiger partial charge >= 0.3 is 0 Å². The molecule has 0 aliphatic carbocycles. The number of amides is 2. The Morgan fingerprint density at radius 1 is 1.33 bits per heavy atom. The Labute approximate surface area is 125 Å². The number of hydrogen-bond acceptors (Lipinski definition) is 3. The molecular formula is C16H21N3O2. The third-order valence-electron chi connectivity index (χ3n) is 3.07. The van der Waals surface area contributed by atoms with E-state index in [0.717, 1.165) is 11.1 Å². The van der Waals surface area contributed by atoms with Crippen molar-refractivity contribution in [2.75, 3.05) is 6.54 Å². The Balaban J connectivity index is 2.93. The highest BCUT2D eigenvalue weighted by Gasteiger charge is 2.22. The monoisotopic (exact) mass is 287 g/mol. The van der Waals surface area contributed by atoms with Gasteiger partial charge in [-0.1, -0.05) is 25.7 Å². The highest BCUT2D eigenvalue weighted by atomic mass is 16.2. The van der Waals surface area contributed by atoms with Gasteiger partial charge in [-0.2, -0.15) is 0 Å². The van der Waals surface area contributed by atoms with Crippen molar-refractivity contribution in [3.05, 3.63) is 34.9 Å². The van der Waals surface area contributed by atoms with Crippen LogP contribution in [0.5, 0.6) is 0 Å². The van der Waals surface area contributed by atoms with E-state index in [9.17, 15) is 9.59 Å². The highest BCUT2D eigenvalue weighted by Crippen LogP contribution is 2.11. The Morgan fingerprint density at radius 2 is 2.00 bits per heavy atom. The molecule has 1 rings (SSSR count). The van der Waals surface area contributed by atoms with Crippen LogP contribution in [0.15, 0.2) is 18.2 Å². The third kappa shape index (κ3) is 4.62. The summed E-state index contributed by atoms with van der Waals surface area (Å²) in [6.45, 7) is 5.81. The van der Waals surface area contributed by atoms with E-state index < -0.39 is 11.9 Å². The lowest BCUT2D eigenvalue weighted by Gasteiger charge is -2.19. The molecule has 1 unspecified atom stereocenters. The first-order valence-corrected chi connectivity index (χ1v) is 6.76. The molecule has 5 heteroatoms. The number of carbonyl (C=O) groups excluding carboxylic acids is 2. The topological polar surface area (TPSA) is 98.2 Å². The van der Waals surface area contributed by atoms with E-state index in [1.54, 1.807) is 18.2 Å². The smallest absolute Gasteiger partial charge is 0.251 e. The van der Waals surface area contributed by atoms with E-state index in [0.29, 0.717) is 5.56 Å². The van der Waals surface area contributed by atoms with Crippen LogP contribution < -0.4 is 16.8 Å². The first-order chi connectivity index (χ1) is 9.86. The van der Waals surface area contributed by atoms with E-state index in [1.807, 2.05) is 20.8 Å². The van der Waals surface area contributed by atoms with Crippen molar-refractivity contribution in [3.8, 4) is 11.8 Å². The van der Waals surface area contributed by atoms with E-state index in [2.05, 4.69) is 17.2 Å². The Bertz CT molecular complexity index is 597. The van der Waals surface area contributed by atoms with Crippen LogP contribution in [0.4, 0.5) is 0 Å². The molecule has 0 spiro atoms. The fraction of sp³-hybridized carbons (Fsp3) is 0.375. The number of aryl methyl sites for hydroxylation is 1. The summed E-state index contributed by atoms with van der Waals surface area (Å²) in [4.78, 5) is 23.5. The normalized spacial score (nSPS) is 11.5. The predicted octanol–water partition coefficient (Wildman–Crippen LogP) is 0.545. The molecule has 1 aromatic carbocycles. The molecule has 1 atom stereocenters. The van der Waals surface area contributed by atoms with Gasteiger partial charge in [0.05, 0.1) is 6.54 Å². The molecule has 0 fully saturated rings. The van der Waals surface area contributed by atoms with Gasteiger partial charge in [0, 0.05) is 11.1 Å². The first kappa shape index (κ1) is 16.7. The van der Waals surface area contributed by atoms with Crippen molar-refractivity contribution in [1.29, 1.82) is 0 Å². The lowest BCUT2D eigenvalue weighted by atomic mass is 10.0. The zero-order chi connectivity index (χ0) is 16.0. The molecule has 5 nitrogen and oxygen atoms in total. The van der Waals surface area contributed by atoms with Crippen molar-refractivity contribution >= 4 is 11.8 Å². The summed E-state index contributed by atoms with van der Waals surface area (Å²) in [5.41, 5.74) is 12.8. The first-order valence-electron chi connectivity index (χ1n) is 6.76. The van der Waals surface area contributed by atoms with Crippen LogP contribution in [0.1, 0.15) is 35.3 Å². The maximum absolute atomic E-state index is 12.2. The van der Waals surface area contributed by atoms with Crippen LogP contribution in [0, 0.1) is 24.7 Å². The zero-order valence-electron chi connectivity index (χ0n) is 12.6. The van der Waals surface area contributed by atoms with Crippen LogP contribution in [0.3, 0.4) is 0 Å². The van der Waals surface area contributed by atoms with Gasteiger partial charge in [-0.05, 0) is 36.6 Å². The summed E-state index contributed by atoms with van der Waals surface area (Å²) in [5, 5.41) is 2.65. The number of rotatable bonds is 4. The molecule has 112 valence electrons. The maximum Gasteiger partial charge on any atom is 0.251 e. The Kier molecular flexibility index (Phi) is 5.94. The lowest BCUT2D eigenvalue weighted by Crippen LogP contribution is -2.47. The van der Waals surface area contributed by atoms with Crippen molar-refractivity contribution < 1.29 is 9.59 Å². The van der Waals surface area contributed by atoms with E-state index in [-0.39, 0.29) is 18.4 Å². The fourth-order valence-corrected chi connectivity index (χ4v) is 1.88. The maximum atomic E-state index is 12.2. The second-order valence-electron chi connectivity index (χ2n) is 5.13. The predicted molar refractivity (Wildman–Crippen MR) is 82.4 cm³/mol.